The molecular formula is C12H8Cl4SZr. The summed E-state index contributed by atoms with van der Waals surface area (Å²) in [6.07, 6.45) is 0. The van der Waals surface area contributed by atoms with E-state index in [1.54, 1.807) is 0 Å². The second-order valence-corrected chi connectivity index (χ2v) is 5.02. The first kappa shape index (κ1) is 21.1. The summed E-state index contributed by atoms with van der Waals surface area (Å²) in [5.41, 5.74) is 1.31. The average molecular weight is 417 g/mol. The number of aryl methyl sites for hydroxylation is 1. The maximum absolute atomic E-state index is 6.19. The van der Waals surface area contributed by atoms with Crippen LogP contribution in [0.1, 0.15) is 5.56 Å². The van der Waals surface area contributed by atoms with Crippen LogP contribution in [0.4, 0.5) is 0 Å². The number of halogens is 4. The molecule has 2 aromatic carbocycles. The molecule has 0 spiro atoms. The molecule has 1 aromatic heterocycles. The maximum atomic E-state index is 6.19. The first-order valence-electron chi connectivity index (χ1n) is 4.50. The van der Waals surface area contributed by atoms with Crippen molar-refractivity contribution in [3.05, 3.63) is 40.9 Å². The second kappa shape index (κ2) is 8.19. The molecule has 0 nitrogen and oxygen atoms in total. The van der Waals surface area contributed by atoms with Crippen molar-refractivity contribution in [2.45, 2.75) is 6.92 Å². The van der Waals surface area contributed by atoms with Crippen LogP contribution in [0, 0.1) is 6.92 Å². The van der Waals surface area contributed by atoms with Crippen LogP contribution in [0.2, 0.25) is 5.02 Å². The summed E-state index contributed by atoms with van der Waals surface area (Å²) in [5.74, 6) is 0. The minimum absolute atomic E-state index is 0. The normalized spacial score (nSPS) is 9.00. The Hall–Kier alpha value is 0.833. The molecule has 0 fully saturated rings. The van der Waals surface area contributed by atoms with Crippen molar-refractivity contribution >= 4 is 43.1 Å². The van der Waals surface area contributed by atoms with Crippen LogP contribution in [0.15, 0.2) is 30.3 Å². The number of fused-ring (bicyclic) bond motifs is 3. The van der Waals surface area contributed by atoms with Crippen LogP contribution in [-0.2, 0) is 26.2 Å². The number of hydrogen-bond acceptors (Lipinski definition) is 1. The maximum Gasteiger partial charge on any atom is 4.00 e. The van der Waals surface area contributed by atoms with Gasteiger partial charge in [0.25, 0.3) is 0 Å². The van der Waals surface area contributed by atoms with E-state index >= 15 is 0 Å². The molecule has 1 heterocycles. The predicted molar refractivity (Wildman–Crippen MR) is 64.7 cm³/mol. The van der Waals surface area contributed by atoms with Crippen LogP contribution in [-0.4, -0.2) is 0 Å². The molecule has 0 amide bonds. The fourth-order valence-electron chi connectivity index (χ4n) is 1.87. The van der Waals surface area contributed by atoms with Gasteiger partial charge in [0.2, 0.25) is 0 Å². The van der Waals surface area contributed by atoms with Crippen LogP contribution >= 0.6 is 22.9 Å². The topological polar surface area (TPSA) is 0 Å². The minimum Gasteiger partial charge on any atom is -1.00 e. The van der Waals surface area contributed by atoms with Gasteiger partial charge in [-0.25, -0.2) is 11.3 Å². The van der Waals surface area contributed by atoms with Crippen LogP contribution < -0.4 is 37.2 Å². The van der Waals surface area contributed by atoms with Gasteiger partial charge in [0.05, 0.1) is 0 Å². The molecule has 3 rings (SSSR count). The Morgan fingerprint density at radius 2 is 1.78 bits per heavy atom. The van der Waals surface area contributed by atoms with Gasteiger partial charge in [-0.1, -0.05) is 46.8 Å². The number of rotatable bonds is 0. The van der Waals surface area contributed by atoms with E-state index in [2.05, 4.69) is 25.1 Å². The molecule has 18 heavy (non-hydrogen) atoms. The molecule has 0 unspecified atom stereocenters. The van der Waals surface area contributed by atoms with Gasteiger partial charge in [-0.2, -0.15) is 6.07 Å². The number of benzene rings is 1. The zero-order valence-corrected chi connectivity index (χ0v) is 15.6. The van der Waals surface area contributed by atoms with E-state index in [1.165, 1.54) is 25.7 Å². The van der Waals surface area contributed by atoms with Crippen molar-refractivity contribution in [2.24, 2.45) is 0 Å². The molecule has 0 aliphatic carbocycles. The number of thiophene rings is 1. The third kappa shape index (κ3) is 3.48. The Morgan fingerprint density at radius 1 is 1.11 bits per heavy atom. The monoisotopic (exact) mass is 414 g/mol. The smallest absolute Gasteiger partial charge is 1.00 e. The Labute approximate surface area is 153 Å². The third-order valence-electron chi connectivity index (χ3n) is 2.46. The average Bonchev–Trinajstić information content (AvgIpc) is 2.60. The van der Waals surface area contributed by atoms with E-state index in [9.17, 15) is 0 Å². The van der Waals surface area contributed by atoms with Crippen molar-refractivity contribution in [3.8, 4) is 0 Å². The van der Waals surface area contributed by atoms with E-state index in [-0.39, 0.29) is 63.4 Å². The fraction of sp³-hybridized carbons (Fsp3) is 0.0833. The van der Waals surface area contributed by atoms with E-state index in [1.807, 2.05) is 23.5 Å². The summed E-state index contributed by atoms with van der Waals surface area (Å²) < 4.78 is 2.62. The summed E-state index contributed by atoms with van der Waals surface area (Å²) in [4.78, 5) is 0. The predicted octanol–water partition coefficient (Wildman–Crippen LogP) is -4.26. The first-order chi connectivity index (χ1) is 6.75. The molecule has 0 N–H and O–H groups in total. The Kier molecular flexibility index (Phi) is 9.62. The quantitative estimate of drug-likeness (QED) is 0.325. The van der Waals surface area contributed by atoms with Crippen LogP contribution in [0.25, 0.3) is 20.2 Å². The fourth-order valence-corrected chi connectivity index (χ4v) is 3.43. The van der Waals surface area contributed by atoms with Gasteiger partial charge in [0, 0.05) is 5.02 Å². The summed E-state index contributed by atoms with van der Waals surface area (Å²) in [6, 6.07) is 10.5. The van der Waals surface area contributed by atoms with Gasteiger partial charge in [-0.15, -0.1) is 17.0 Å². The van der Waals surface area contributed by atoms with Gasteiger partial charge >= 0.3 is 26.2 Å². The Morgan fingerprint density at radius 3 is 2.44 bits per heavy atom. The summed E-state index contributed by atoms with van der Waals surface area (Å²) in [7, 11) is 0. The van der Waals surface area contributed by atoms with Gasteiger partial charge in [0.15, 0.2) is 0 Å². The van der Waals surface area contributed by atoms with Crippen molar-refractivity contribution < 1.29 is 63.4 Å². The summed E-state index contributed by atoms with van der Waals surface area (Å²) in [5, 5.41) is 3.37. The summed E-state index contributed by atoms with van der Waals surface area (Å²) >= 11 is 8.01. The molecule has 0 atom stereocenters. The van der Waals surface area contributed by atoms with E-state index < -0.39 is 0 Å². The van der Waals surface area contributed by atoms with E-state index in [0.29, 0.717) is 0 Å². The molecular weight excluding hydrogens is 409 g/mol. The van der Waals surface area contributed by atoms with Gasteiger partial charge in [0.1, 0.15) is 0 Å². The molecule has 6 heteroatoms. The van der Waals surface area contributed by atoms with Gasteiger partial charge in [-0.3, -0.25) is 0 Å². The van der Waals surface area contributed by atoms with Gasteiger partial charge < -0.3 is 37.2 Å². The zero-order valence-electron chi connectivity index (χ0n) is 9.31. The van der Waals surface area contributed by atoms with Gasteiger partial charge in [-0.05, 0) is 4.70 Å². The first-order valence-corrected chi connectivity index (χ1v) is 5.69. The van der Waals surface area contributed by atoms with Crippen molar-refractivity contribution in [3.63, 3.8) is 0 Å². The van der Waals surface area contributed by atoms with Crippen molar-refractivity contribution in [1.29, 1.82) is 0 Å². The molecule has 0 bridgehead atoms. The molecule has 3 aromatic rings. The minimum atomic E-state index is 0. The molecule has 0 saturated carbocycles. The summed E-state index contributed by atoms with van der Waals surface area (Å²) in [6.45, 7) is 2.12. The molecule has 0 saturated heterocycles. The second-order valence-electron chi connectivity index (χ2n) is 3.53. The largest absolute Gasteiger partial charge is 4.00 e. The molecule has 94 valence electrons. The zero-order chi connectivity index (χ0) is 9.71. The Balaban J connectivity index is 0. The SMILES string of the molecule is Cc1cc2sc3cccc(Cl)c3c2[cH-]1.[Cl-].[Cl-].[Cl-].[Zr+4]. The number of hydrogen-bond donors (Lipinski definition) is 0. The standard InChI is InChI=1S/C12H8ClS.3ClH.Zr/c1-7-5-8-11(6-7)14-10-4-2-3-9(13)12(8)10;;;;/h2-6H,1H3;3*1H;/q-1;;;;+4/p-3. The third-order valence-corrected chi connectivity index (χ3v) is 3.89. The molecule has 0 radical (unpaired) electrons. The van der Waals surface area contributed by atoms with E-state index in [0.717, 1.165) is 5.02 Å². The van der Waals surface area contributed by atoms with Crippen molar-refractivity contribution in [1.82, 2.24) is 0 Å². The molecule has 0 aliphatic rings. The van der Waals surface area contributed by atoms with Crippen molar-refractivity contribution in [2.75, 3.05) is 0 Å². The van der Waals surface area contributed by atoms with Crippen LogP contribution in [0.3, 0.4) is 0 Å². The Bertz CT molecular complexity index is 629. The molecule has 0 aliphatic heterocycles. The van der Waals surface area contributed by atoms with E-state index in [4.69, 9.17) is 11.6 Å². The van der Waals surface area contributed by atoms with Crippen LogP contribution in [0.5, 0.6) is 0 Å².